The first-order valence-corrected chi connectivity index (χ1v) is 7.59. The van der Waals surface area contributed by atoms with E-state index in [2.05, 4.69) is 21.2 Å². The zero-order valence-corrected chi connectivity index (χ0v) is 14.0. The molecule has 2 aromatic carbocycles. The number of ether oxygens (including phenoxy) is 1. The molecule has 0 aliphatic rings. The largest absolute Gasteiger partial charge is 0.496 e. The summed E-state index contributed by atoms with van der Waals surface area (Å²) in [5, 5.41) is 3.34. The van der Waals surface area contributed by atoms with E-state index in [4.69, 9.17) is 16.3 Å². The van der Waals surface area contributed by atoms with Gasteiger partial charge in [-0.15, -0.1) is 0 Å². The van der Waals surface area contributed by atoms with Gasteiger partial charge >= 0.3 is 0 Å². The van der Waals surface area contributed by atoms with E-state index in [-0.39, 0.29) is 11.9 Å². The normalized spacial score (nSPS) is 11.8. The number of amides is 1. The minimum Gasteiger partial charge on any atom is -0.496 e. The summed E-state index contributed by atoms with van der Waals surface area (Å²) in [4.78, 5) is 12.3. The van der Waals surface area contributed by atoms with Crippen molar-refractivity contribution in [1.82, 2.24) is 5.32 Å². The van der Waals surface area contributed by atoms with Gasteiger partial charge in [0.2, 0.25) is 0 Å². The van der Waals surface area contributed by atoms with E-state index in [1.54, 1.807) is 25.3 Å². The van der Waals surface area contributed by atoms with Gasteiger partial charge in [-0.3, -0.25) is 4.79 Å². The van der Waals surface area contributed by atoms with Gasteiger partial charge in [0.15, 0.2) is 0 Å². The molecule has 0 aromatic heterocycles. The second kappa shape index (κ2) is 6.96. The molecule has 0 spiro atoms. The number of benzene rings is 2. The number of rotatable bonds is 4. The van der Waals surface area contributed by atoms with Crippen LogP contribution in [-0.4, -0.2) is 13.0 Å². The fourth-order valence-corrected chi connectivity index (χ4v) is 2.63. The lowest BCUT2D eigenvalue weighted by atomic mass is 10.1. The van der Waals surface area contributed by atoms with E-state index in [1.165, 1.54) is 0 Å². The maximum absolute atomic E-state index is 12.3. The van der Waals surface area contributed by atoms with Crippen LogP contribution in [0.2, 0.25) is 5.02 Å². The average molecular weight is 369 g/mol. The standard InChI is InChI=1S/C16H15BrClNO2/c1-10(11-6-3-4-9-14(11)21-2)19-16(20)12-7-5-8-13(17)15(12)18/h3-10H,1-2H3,(H,19,20). The highest BCUT2D eigenvalue weighted by molar-refractivity contribution is 9.10. The number of carbonyl (C=O) groups is 1. The molecule has 21 heavy (non-hydrogen) atoms. The predicted molar refractivity (Wildman–Crippen MR) is 88.0 cm³/mol. The van der Waals surface area contributed by atoms with Crippen LogP contribution in [0.1, 0.15) is 28.9 Å². The minimum atomic E-state index is -0.222. The zero-order chi connectivity index (χ0) is 15.4. The quantitative estimate of drug-likeness (QED) is 0.856. The van der Waals surface area contributed by atoms with Crippen LogP contribution in [0.5, 0.6) is 5.75 Å². The minimum absolute atomic E-state index is 0.191. The van der Waals surface area contributed by atoms with Gasteiger partial charge < -0.3 is 10.1 Å². The van der Waals surface area contributed by atoms with Crippen LogP contribution >= 0.6 is 27.5 Å². The summed E-state index contributed by atoms with van der Waals surface area (Å²) >= 11 is 9.46. The van der Waals surface area contributed by atoms with E-state index in [9.17, 15) is 4.79 Å². The Labute approximate surface area is 137 Å². The van der Waals surface area contributed by atoms with Gasteiger partial charge in [0.05, 0.1) is 23.7 Å². The maximum atomic E-state index is 12.3. The summed E-state index contributed by atoms with van der Waals surface area (Å²) < 4.78 is 6.01. The van der Waals surface area contributed by atoms with Crippen LogP contribution in [-0.2, 0) is 0 Å². The highest BCUT2D eigenvalue weighted by Crippen LogP contribution is 2.28. The molecule has 5 heteroatoms. The number of nitrogens with one attached hydrogen (secondary N) is 1. The number of hydrogen-bond acceptors (Lipinski definition) is 2. The van der Waals surface area contributed by atoms with E-state index in [0.717, 1.165) is 11.3 Å². The molecule has 0 aliphatic heterocycles. The molecule has 1 atom stereocenters. The van der Waals surface area contributed by atoms with Crippen molar-refractivity contribution < 1.29 is 9.53 Å². The third-order valence-electron chi connectivity index (χ3n) is 3.15. The Bertz CT molecular complexity index is 660. The Morgan fingerprint density at radius 2 is 1.95 bits per heavy atom. The smallest absolute Gasteiger partial charge is 0.253 e. The van der Waals surface area contributed by atoms with E-state index in [1.807, 2.05) is 31.2 Å². The number of para-hydroxylation sites is 1. The first kappa shape index (κ1) is 15.9. The maximum Gasteiger partial charge on any atom is 0.253 e. The Kier molecular flexibility index (Phi) is 5.26. The summed E-state index contributed by atoms with van der Waals surface area (Å²) in [6.07, 6.45) is 0. The van der Waals surface area contributed by atoms with E-state index in [0.29, 0.717) is 15.1 Å². The molecule has 0 saturated heterocycles. The predicted octanol–water partition coefficient (Wildman–Crippen LogP) is 4.60. The molecule has 0 fully saturated rings. The summed E-state index contributed by atoms with van der Waals surface area (Å²) in [5.74, 6) is 0.519. The molecule has 3 nitrogen and oxygen atoms in total. The van der Waals surface area contributed by atoms with Gasteiger partial charge in [0.25, 0.3) is 5.91 Å². The van der Waals surface area contributed by atoms with Gasteiger partial charge in [-0.25, -0.2) is 0 Å². The first-order chi connectivity index (χ1) is 10.0. The molecule has 2 aromatic rings. The molecule has 0 aliphatic carbocycles. The van der Waals surface area contributed by atoms with E-state index >= 15 is 0 Å². The highest BCUT2D eigenvalue weighted by atomic mass is 79.9. The highest BCUT2D eigenvalue weighted by Gasteiger charge is 2.17. The van der Waals surface area contributed by atoms with E-state index < -0.39 is 0 Å². The molecule has 1 N–H and O–H groups in total. The summed E-state index contributed by atoms with van der Waals surface area (Å²) in [6, 6.07) is 12.7. The molecule has 2 rings (SSSR count). The van der Waals surface area contributed by atoms with Crippen LogP contribution in [0.25, 0.3) is 0 Å². The molecular formula is C16H15BrClNO2. The van der Waals surface area contributed by atoms with Crippen molar-refractivity contribution in [3.05, 3.63) is 63.1 Å². The lowest BCUT2D eigenvalue weighted by Gasteiger charge is -2.17. The van der Waals surface area contributed by atoms with Gasteiger partial charge in [-0.05, 0) is 41.1 Å². The van der Waals surface area contributed by atoms with Crippen molar-refractivity contribution in [1.29, 1.82) is 0 Å². The summed E-state index contributed by atoms with van der Waals surface area (Å²) in [6.45, 7) is 1.90. The monoisotopic (exact) mass is 367 g/mol. The molecule has 0 saturated carbocycles. The summed E-state index contributed by atoms with van der Waals surface area (Å²) in [7, 11) is 1.61. The number of hydrogen-bond donors (Lipinski definition) is 1. The Hall–Kier alpha value is -1.52. The zero-order valence-electron chi connectivity index (χ0n) is 11.7. The molecule has 0 heterocycles. The van der Waals surface area contributed by atoms with Crippen molar-refractivity contribution in [2.45, 2.75) is 13.0 Å². The topological polar surface area (TPSA) is 38.3 Å². The Morgan fingerprint density at radius 1 is 1.24 bits per heavy atom. The SMILES string of the molecule is COc1ccccc1C(C)NC(=O)c1cccc(Br)c1Cl. The van der Waals surface area contributed by atoms with Crippen molar-refractivity contribution in [2.75, 3.05) is 7.11 Å². The van der Waals surface area contributed by atoms with Crippen LogP contribution < -0.4 is 10.1 Å². The number of halogens is 2. The lowest BCUT2D eigenvalue weighted by Crippen LogP contribution is -2.27. The van der Waals surface area contributed by atoms with Gasteiger partial charge in [0, 0.05) is 10.0 Å². The van der Waals surface area contributed by atoms with Crippen molar-refractivity contribution in [3.63, 3.8) is 0 Å². The molecule has 110 valence electrons. The summed E-state index contributed by atoms with van der Waals surface area (Å²) in [5.41, 5.74) is 1.35. The van der Waals surface area contributed by atoms with Gasteiger partial charge in [-0.2, -0.15) is 0 Å². The van der Waals surface area contributed by atoms with Crippen LogP contribution in [0.15, 0.2) is 46.9 Å². The van der Waals surface area contributed by atoms with Crippen LogP contribution in [0, 0.1) is 0 Å². The second-order valence-electron chi connectivity index (χ2n) is 4.54. The first-order valence-electron chi connectivity index (χ1n) is 6.42. The Morgan fingerprint density at radius 3 is 2.67 bits per heavy atom. The fourth-order valence-electron chi connectivity index (χ4n) is 2.06. The van der Waals surface area contributed by atoms with Crippen molar-refractivity contribution in [3.8, 4) is 5.75 Å². The lowest BCUT2D eigenvalue weighted by molar-refractivity contribution is 0.0939. The molecule has 0 radical (unpaired) electrons. The van der Waals surface area contributed by atoms with Crippen molar-refractivity contribution in [2.24, 2.45) is 0 Å². The van der Waals surface area contributed by atoms with Gasteiger partial charge in [-0.1, -0.05) is 35.9 Å². The third-order valence-corrected chi connectivity index (χ3v) is 4.45. The third kappa shape index (κ3) is 3.57. The van der Waals surface area contributed by atoms with Gasteiger partial charge in [0.1, 0.15) is 5.75 Å². The average Bonchev–Trinajstić information content (AvgIpc) is 2.49. The molecular weight excluding hydrogens is 354 g/mol. The fraction of sp³-hybridized carbons (Fsp3) is 0.188. The van der Waals surface area contributed by atoms with Crippen molar-refractivity contribution >= 4 is 33.4 Å². The van der Waals surface area contributed by atoms with Crippen LogP contribution in [0.3, 0.4) is 0 Å². The molecule has 1 unspecified atom stereocenters. The Balaban J connectivity index is 2.21. The number of carbonyl (C=O) groups excluding carboxylic acids is 1. The number of methoxy groups -OCH3 is 1. The molecule has 0 bridgehead atoms. The second-order valence-corrected chi connectivity index (χ2v) is 5.77. The van der Waals surface area contributed by atoms with Crippen LogP contribution in [0.4, 0.5) is 0 Å². The molecule has 1 amide bonds.